The molecule has 0 atom stereocenters. The van der Waals surface area contributed by atoms with Crippen LogP contribution in [0.15, 0.2) is 60.7 Å². The van der Waals surface area contributed by atoms with Gasteiger partial charge in [0.1, 0.15) is 16.9 Å². The van der Waals surface area contributed by atoms with Crippen LogP contribution in [0.3, 0.4) is 0 Å². The Balaban J connectivity index is 1.57. The lowest BCUT2D eigenvalue weighted by atomic mass is 10.1. The first-order valence-corrected chi connectivity index (χ1v) is 11.4. The minimum atomic E-state index is -3.70. The molecule has 166 valence electrons. The van der Waals surface area contributed by atoms with Crippen LogP contribution in [0.25, 0.3) is 11.0 Å². The molecule has 4 N–H and O–H groups in total. The lowest BCUT2D eigenvalue weighted by Gasteiger charge is -2.17. The number of aromatic amines is 1. The Hall–Kier alpha value is -3.70. The Bertz CT molecular complexity index is 1310. The minimum Gasteiger partial charge on any atom is -0.370 e. The van der Waals surface area contributed by atoms with Gasteiger partial charge in [0, 0.05) is 26.3 Å². The molecule has 0 amide bonds. The van der Waals surface area contributed by atoms with Gasteiger partial charge in [0.05, 0.1) is 5.69 Å². The minimum absolute atomic E-state index is 0.326. The van der Waals surface area contributed by atoms with Crippen molar-refractivity contribution in [1.82, 2.24) is 24.7 Å². The summed E-state index contributed by atoms with van der Waals surface area (Å²) in [5, 5.41) is 17.2. The fraction of sp³-hybridized carbons (Fsp3) is 0.190. The number of nitrogens with one attached hydrogen (secondary N) is 4. The van der Waals surface area contributed by atoms with E-state index in [1.165, 1.54) is 19.7 Å². The van der Waals surface area contributed by atoms with E-state index in [-0.39, 0.29) is 0 Å². The molecule has 0 aliphatic rings. The van der Waals surface area contributed by atoms with Crippen molar-refractivity contribution in [1.29, 1.82) is 0 Å². The van der Waals surface area contributed by atoms with E-state index in [0.717, 1.165) is 16.2 Å². The van der Waals surface area contributed by atoms with Gasteiger partial charge in [-0.1, -0.05) is 30.3 Å². The fourth-order valence-electron chi connectivity index (χ4n) is 3.00. The monoisotopic (exact) mass is 452 g/mol. The number of nitrogens with zero attached hydrogens (tertiary/aromatic N) is 4. The number of pyridine rings is 1. The molecule has 2 heterocycles. The maximum atomic E-state index is 12.4. The third-order valence-electron chi connectivity index (χ3n) is 4.76. The number of hydrogen-bond acceptors (Lipinski definition) is 7. The zero-order valence-electron chi connectivity index (χ0n) is 17.7. The summed E-state index contributed by atoms with van der Waals surface area (Å²) in [5.41, 5.74) is 3.66. The van der Waals surface area contributed by atoms with Gasteiger partial charge in [0.2, 0.25) is 0 Å². The van der Waals surface area contributed by atoms with Crippen molar-refractivity contribution in [3.8, 4) is 0 Å². The summed E-state index contributed by atoms with van der Waals surface area (Å²) in [6.07, 6.45) is 0.836. The molecule has 11 heteroatoms. The molecule has 0 aliphatic carbocycles. The number of hydrogen-bond donors (Lipinski definition) is 4. The fourth-order valence-corrected chi connectivity index (χ4v) is 3.63. The predicted molar refractivity (Wildman–Crippen MR) is 126 cm³/mol. The van der Waals surface area contributed by atoms with E-state index in [2.05, 4.69) is 47.9 Å². The van der Waals surface area contributed by atoms with E-state index in [1.807, 2.05) is 30.3 Å². The molecule has 32 heavy (non-hydrogen) atoms. The quantitative estimate of drug-likeness (QED) is 0.307. The van der Waals surface area contributed by atoms with Crippen molar-refractivity contribution >= 4 is 44.3 Å². The number of rotatable bonds is 9. The Labute approximate surface area is 186 Å². The largest absolute Gasteiger partial charge is 0.370 e. The van der Waals surface area contributed by atoms with Crippen molar-refractivity contribution < 1.29 is 8.42 Å². The van der Waals surface area contributed by atoms with Gasteiger partial charge >= 0.3 is 10.2 Å². The number of fused-ring (bicyclic) bond motifs is 1. The second-order valence-electron chi connectivity index (χ2n) is 7.30. The van der Waals surface area contributed by atoms with Gasteiger partial charge in [0.15, 0.2) is 5.82 Å². The third-order valence-corrected chi connectivity index (χ3v) is 6.20. The Morgan fingerprint density at radius 1 is 0.969 bits per heavy atom. The molecule has 2 aromatic carbocycles. The van der Waals surface area contributed by atoms with E-state index < -0.39 is 10.2 Å². The summed E-state index contributed by atoms with van der Waals surface area (Å²) >= 11 is 0. The van der Waals surface area contributed by atoms with Crippen LogP contribution in [0.5, 0.6) is 0 Å². The number of H-pyrrole nitrogens is 1. The lowest BCUT2D eigenvalue weighted by molar-refractivity contribution is 0.527. The highest BCUT2D eigenvalue weighted by molar-refractivity contribution is 7.90. The van der Waals surface area contributed by atoms with Crippen molar-refractivity contribution in [2.75, 3.05) is 36.0 Å². The number of benzene rings is 2. The van der Waals surface area contributed by atoms with E-state index in [4.69, 9.17) is 0 Å². The highest BCUT2D eigenvalue weighted by Gasteiger charge is 2.17. The van der Waals surface area contributed by atoms with Gasteiger partial charge in [-0.2, -0.15) is 28.1 Å². The van der Waals surface area contributed by atoms with Crippen molar-refractivity contribution in [3.63, 3.8) is 0 Å². The summed E-state index contributed by atoms with van der Waals surface area (Å²) in [6.45, 7) is 0.685. The molecule has 4 aromatic rings. The van der Waals surface area contributed by atoms with Crippen LogP contribution in [0, 0.1) is 0 Å². The zero-order valence-corrected chi connectivity index (χ0v) is 18.5. The lowest BCUT2D eigenvalue weighted by Crippen LogP contribution is -2.29. The molecule has 0 radical (unpaired) electrons. The van der Waals surface area contributed by atoms with Gasteiger partial charge in [-0.15, -0.1) is 0 Å². The topological polar surface area (TPSA) is 128 Å². The molecular weight excluding hydrogens is 428 g/mol. The van der Waals surface area contributed by atoms with Crippen LogP contribution in [0.2, 0.25) is 0 Å². The molecule has 4 rings (SSSR count). The summed E-state index contributed by atoms with van der Waals surface area (Å²) < 4.78 is 28.4. The van der Waals surface area contributed by atoms with Crippen molar-refractivity contribution in [2.45, 2.75) is 6.42 Å². The number of aromatic nitrogens is 4. The van der Waals surface area contributed by atoms with Crippen LogP contribution in [0.4, 0.5) is 23.0 Å². The smallest absolute Gasteiger partial charge is 0.301 e. The average Bonchev–Trinajstić information content (AvgIpc) is 3.24. The van der Waals surface area contributed by atoms with Gasteiger partial charge in [-0.05, 0) is 42.3 Å². The van der Waals surface area contributed by atoms with Crippen LogP contribution in [0.1, 0.15) is 5.56 Å². The maximum Gasteiger partial charge on any atom is 0.301 e. The first kappa shape index (κ1) is 21.5. The molecule has 0 fully saturated rings. The van der Waals surface area contributed by atoms with Crippen LogP contribution < -0.4 is 15.4 Å². The zero-order chi connectivity index (χ0) is 22.6. The van der Waals surface area contributed by atoms with Gasteiger partial charge in [-0.3, -0.25) is 4.72 Å². The average molecular weight is 453 g/mol. The first-order valence-electron chi connectivity index (χ1n) is 9.97. The summed E-state index contributed by atoms with van der Waals surface area (Å²) in [6, 6.07) is 19.0. The highest BCUT2D eigenvalue weighted by atomic mass is 32.2. The third kappa shape index (κ3) is 5.13. The van der Waals surface area contributed by atoms with Crippen molar-refractivity contribution in [3.05, 3.63) is 66.2 Å². The molecule has 0 saturated heterocycles. The van der Waals surface area contributed by atoms with E-state index in [0.29, 0.717) is 35.1 Å². The first-order chi connectivity index (χ1) is 15.4. The van der Waals surface area contributed by atoms with E-state index in [1.54, 1.807) is 18.2 Å². The maximum absolute atomic E-state index is 12.4. The van der Waals surface area contributed by atoms with Gasteiger partial charge in [-0.25, -0.2) is 4.98 Å². The Kier molecular flexibility index (Phi) is 6.19. The van der Waals surface area contributed by atoms with Crippen LogP contribution >= 0.6 is 0 Å². The van der Waals surface area contributed by atoms with Gasteiger partial charge < -0.3 is 10.6 Å². The summed E-state index contributed by atoms with van der Waals surface area (Å²) in [7, 11) is -0.784. The summed E-state index contributed by atoms with van der Waals surface area (Å²) in [4.78, 5) is 4.60. The molecule has 2 aromatic heterocycles. The summed E-state index contributed by atoms with van der Waals surface area (Å²) in [5.74, 6) is 0.988. The molecule has 0 unspecified atom stereocenters. The van der Waals surface area contributed by atoms with Crippen LogP contribution in [-0.4, -0.2) is 53.8 Å². The van der Waals surface area contributed by atoms with E-state index >= 15 is 0 Å². The highest BCUT2D eigenvalue weighted by Crippen LogP contribution is 2.28. The van der Waals surface area contributed by atoms with Crippen LogP contribution in [-0.2, 0) is 16.6 Å². The van der Waals surface area contributed by atoms with Crippen molar-refractivity contribution in [2.24, 2.45) is 0 Å². The molecule has 10 nitrogen and oxygen atoms in total. The normalized spacial score (nSPS) is 11.6. The Morgan fingerprint density at radius 2 is 1.75 bits per heavy atom. The molecule has 0 bridgehead atoms. The Morgan fingerprint density at radius 3 is 2.53 bits per heavy atom. The molecule has 0 aliphatic heterocycles. The standard InChI is InChI=1S/C21H24N8O2S/c1-29(2)32(30,31)27-18-10-11-20(22-13-12-15-6-4-3-5-7-15)24-21(18)23-16-8-9-17-19(14-16)26-28-25-17/h3-11,14,27H,12-13H2,1-2H3,(H2,22,23,24)(H,25,26,28). The molecular formula is C21H24N8O2S. The number of anilines is 4. The predicted octanol–water partition coefficient (Wildman–Crippen LogP) is 2.97. The molecule has 0 spiro atoms. The molecule has 0 saturated carbocycles. The SMILES string of the molecule is CN(C)S(=O)(=O)Nc1ccc(NCCc2ccccc2)nc1Nc1ccc2n[nH]nc2c1. The second kappa shape index (κ2) is 9.20. The van der Waals surface area contributed by atoms with Gasteiger partial charge in [0.25, 0.3) is 0 Å². The second-order valence-corrected chi connectivity index (χ2v) is 9.18. The van der Waals surface area contributed by atoms with E-state index in [9.17, 15) is 8.42 Å².